The minimum atomic E-state index is -0.207. The fourth-order valence-corrected chi connectivity index (χ4v) is 2.09. The maximum atomic E-state index is 5.68. The number of rotatable bonds is 7. The van der Waals surface area contributed by atoms with Gasteiger partial charge >= 0.3 is 0 Å². The second-order valence-electron chi connectivity index (χ2n) is 4.34. The van der Waals surface area contributed by atoms with E-state index in [1.54, 1.807) is 12.4 Å². The zero-order chi connectivity index (χ0) is 15.1. The van der Waals surface area contributed by atoms with Crippen LogP contribution in [0.15, 0.2) is 36.9 Å². The molecule has 0 fully saturated rings. The van der Waals surface area contributed by atoms with Gasteiger partial charge in [-0.05, 0) is 31.5 Å². The molecule has 1 unspecified atom stereocenters. The summed E-state index contributed by atoms with van der Waals surface area (Å²) in [7, 11) is 0. The lowest BCUT2D eigenvalue weighted by Gasteiger charge is -2.18. The molecule has 0 spiro atoms. The molecule has 1 heterocycles. The highest BCUT2D eigenvalue weighted by Gasteiger charge is 2.16. The molecule has 6 heteroatoms. The van der Waals surface area contributed by atoms with Crippen LogP contribution in [0.3, 0.4) is 0 Å². The van der Waals surface area contributed by atoms with Crippen molar-refractivity contribution in [3.8, 4) is 11.5 Å². The molecule has 0 aliphatic rings. The third kappa shape index (κ3) is 3.68. The first-order valence-electron chi connectivity index (χ1n) is 6.90. The number of hydrazine groups is 1. The second kappa shape index (κ2) is 7.56. The molecule has 6 nitrogen and oxygen atoms in total. The lowest BCUT2D eigenvalue weighted by molar-refractivity contribution is 0.287. The first kappa shape index (κ1) is 15.2. The van der Waals surface area contributed by atoms with Gasteiger partial charge in [0.15, 0.2) is 11.5 Å². The number of nitrogens with two attached hydrogens (primary N) is 1. The Hall–Kier alpha value is -2.18. The SMILES string of the molecule is CCOc1ccc(C(NN)c2cncnc2)cc1OCC. The molecule has 0 bridgehead atoms. The summed E-state index contributed by atoms with van der Waals surface area (Å²) in [5.41, 5.74) is 4.62. The van der Waals surface area contributed by atoms with Crippen LogP contribution in [0.2, 0.25) is 0 Å². The highest BCUT2D eigenvalue weighted by atomic mass is 16.5. The van der Waals surface area contributed by atoms with E-state index in [-0.39, 0.29) is 6.04 Å². The van der Waals surface area contributed by atoms with Crippen molar-refractivity contribution in [1.82, 2.24) is 15.4 Å². The molecule has 0 saturated heterocycles. The Balaban J connectivity index is 2.35. The van der Waals surface area contributed by atoms with Gasteiger partial charge in [0.25, 0.3) is 0 Å². The van der Waals surface area contributed by atoms with E-state index in [2.05, 4.69) is 15.4 Å². The van der Waals surface area contributed by atoms with Gasteiger partial charge in [-0.15, -0.1) is 0 Å². The van der Waals surface area contributed by atoms with Gasteiger partial charge < -0.3 is 9.47 Å². The van der Waals surface area contributed by atoms with Crippen LogP contribution >= 0.6 is 0 Å². The van der Waals surface area contributed by atoms with E-state index in [0.29, 0.717) is 19.0 Å². The molecule has 1 aromatic heterocycles. The average Bonchev–Trinajstić information content (AvgIpc) is 2.52. The first-order chi connectivity index (χ1) is 10.3. The van der Waals surface area contributed by atoms with Crippen LogP contribution in [0, 0.1) is 0 Å². The summed E-state index contributed by atoms with van der Waals surface area (Å²) in [6.45, 7) is 5.03. The molecule has 21 heavy (non-hydrogen) atoms. The zero-order valence-corrected chi connectivity index (χ0v) is 12.2. The fourth-order valence-electron chi connectivity index (χ4n) is 2.09. The predicted octanol–water partition coefficient (Wildman–Crippen LogP) is 1.83. The molecule has 1 aromatic carbocycles. The molecule has 2 aromatic rings. The van der Waals surface area contributed by atoms with Crippen LogP contribution in [0.5, 0.6) is 11.5 Å². The summed E-state index contributed by atoms with van der Waals surface area (Å²) in [6.07, 6.45) is 4.95. The number of benzene rings is 1. The third-order valence-corrected chi connectivity index (χ3v) is 2.98. The number of hydrogen-bond donors (Lipinski definition) is 2. The van der Waals surface area contributed by atoms with Crippen molar-refractivity contribution in [1.29, 1.82) is 0 Å². The number of nitrogens with zero attached hydrogens (tertiary/aromatic N) is 2. The number of nitrogens with one attached hydrogen (secondary N) is 1. The number of ether oxygens (including phenoxy) is 2. The molecule has 1 atom stereocenters. The van der Waals surface area contributed by atoms with E-state index in [9.17, 15) is 0 Å². The quantitative estimate of drug-likeness (QED) is 0.597. The molecule has 3 N–H and O–H groups in total. The van der Waals surface area contributed by atoms with Crippen LogP contribution in [-0.4, -0.2) is 23.2 Å². The van der Waals surface area contributed by atoms with Crippen LogP contribution in [0.25, 0.3) is 0 Å². The van der Waals surface area contributed by atoms with Crippen LogP contribution in [-0.2, 0) is 0 Å². The molecular formula is C15H20N4O2. The molecule has 0 saturated carbocycles. The van der Waals surface area contributed by atoms with Crippen molar-refractivity contribution in [2.45, 2.75) is 19.9 Å². The standard InChI is InChI=1S/C15H20N4O2/c1-3-20-13-6-5-11(7-14(13)21-4-2)15(19-16)12-8-17-10-18-9-12/h5-10,15,19H,3-4,16H2,1-2H3. The second-order valence-corrected chi connectivity index (χ2v) is 4.34. The summed E-state index contributed by atoms with van der Waals surface area (Å²) in [5.74, 6) is 7.11. The Bertz CT molecular complexity index is 563. The summed E-state index contributed by atoms with van der Waals surface area (Å²) < 4.78 is 11.2. The Kier molecular flexibility index (Phi) is 5.48. The van der Waals surface area contributed by atoms with Crippen molar-refractivity contribution in [2.24, 2.45) is 5.84 Å². The Morgan fingerprint density at radius 3 is 2.33 bits per heavy atom. The fraction of sp³-hybridized carbons (Fsp3) is 0.333. The largest absolute Gasteiger partial charge is 0.490 e. The summed E-state index contributed by atoms with van der Waals surface area (Å²) in [5, 5.41) is 0. The lowest BCUT2D eigenvalue weighted by Crippen LogP contribution is -2.29. The zero-order valence-electron chi connectivity index (χ0n) is 12.2. The van der Waals surface area contributed by atoms with Crippen molar-refractivity contribution >= 4 is 0 Å². The van der Waals surface area contributed by atoms with Gasteiger partial charge in [0.2, 0.25) is 0 Å². The lowest BCUT2D eigenvalue weighted by atomic mass is 10.0. The predicted molar refractivity (Wildman–Crippen MR) is 80.0 cm³/mol. The molecular weight excluding hydrogens is 268 g/mol. The molecule has 2 rings (SSSR count). The van der Waals surface area contributed by atoms with Gasteiger partial charge in [0.05, 0.1) is 19.3 Å². The van der Waals surface area contributed by atoms with Gasteiger partial charge in [0.1, 0.15) is 6.33 Å². The number of hydrogen-bond acceptors (Lipinski definition) is 6. The average molecular weight is 288 g/mol. The van der Waals surface area contributed by atoms with E-state index >= 15 is 0 Å². The van der Waals surface area contributed by atoms with E-state index in [1.807, 2.05) is 32.0 Å². The molecule has 112 valence electrons. The topological polar surface area (TPSA) is 82.3 Å². The van der Waals surface area contributed by atoms with Crippen LogP contribution in [0.1, 0.15) is 31.0 Å². The van der Waals surface area contributed by atoms with E-state index < -0.39 is 0 Å². The Morgan fingerprint density at radius 2 is 1.71 bits per heavy atom. The smallest absolute Gasteiger partial charge is 0.161 e. The van der Waals surface area contributed by atoms with Gasteiger partial charge in [-0.2, -0.15) is 0 Å². The van der Waals surface area contributed by atoms with Gasteiger partial charge in [-0.25, -0.2) is 15.4 Å². The molecule has 0 radical (unpaired) electrons. The van der Waals surface area contributed by atoms with Crippen molar-refractivity contribution < 1.29 is 9.47 Å². The Morgan fingerprint density at radius 1 is 1.05 bits per heavy atom. The van der Waals surface area contributed by atoms with Crippen LogP contribution < -0.4 is 20.7 Å². The highest BCUT2D eigenvalue weighted by molar-refractivity contribution is 5.45. The Labute approximate surface area is 124 Å². The van der Waals surface area contributed by atoms with E-state index in [4.69, 9.17) is 15.3 Å². The summed E-state index contributed by atoms with van der Waals surface area (Å²) in [6, 6.07) is 5.55. The van der Waals surface area contributed by atoms with E-state index in [1.165, 1.54) is 6.33 Å². The van der Waals surface area contributed by atoms with Crippen molar-refractivity contribution in [3.63, 3.8) is 0 Å². The molecule has 0 aliphatic heterocycles. The van der Waals surface area contributed by atoms with E-state index in [0.717, 1.165) is 16.9 Å². The van der Waals surface area contributed by atoms with Gasteiger partial charge in [-0.3, -0.25) is 5.84 Å². The van der Waals surface area contributed by atoms with Crippen LogP contribution in [0.4, 0.5) is 0 Å². The van der Waals surface area contributed by atoms with Gasteiger partial charge in [-0.1, -0.05) is 6.07 Å². The maximum Gasteiger partial charge on any atom is 0.161 e. The van der Waals surface area contributed by atoms with Crippen molar-refractivity contribution in [2.75, 3.05) is 13.2 Å². The van der Waals surface area contributed by atoms with Gasteiger partial charge in [0, 0.05) is 18.0 Å². The normalized spacial score (nSPS) is 12.0. The maximum absolute atomic E-state index is 5.68. The number of aromatic nitrogens is 2. The molecule has 0 amide bonds. The monoisotopic (exact) mass is 288 g/mol. The third-order valence-electron chi connectivity index (χ3n) is 2.98. The molecule has 0 aliphatic carbocycles. The first-order valence-corrected chi connectivity index (χ1v) is 6.90. The minimum Gasteiger partial charge on any atom is -0.490 e. The van der Waals surface area contributed by atoms with Crippen molar-refractivity contribution in [3.05, 3.63) is 48.0 Å². The highest BCUT2D eigenvalue weighted by Crippen LogP contribution is 2.32. The summed E-state index contributed by atoms with van der Waals surface area (Å²) in [4.78, 5) is 8.04. The summed E-state index contributed by atoms with van der Waals surface area (Å²) >= 11 is 0. The minimum absolute atomic E-state index is 0.207.